The number of nitrogen functional groups attached to an aromatic ring is 1. The van der Waals surface area contributed by atoms with Crippen molar-refractivity contribution in [2.24, 2.45) is 5.84 Å². The molecule has 0 spiro atoms. The Morgan fingerprint density at radius 2 is 2.10 bits per heavy atom. The van der Waals surface area contributed by atoms with E-state index in [9.17, 15) is 0 Å². The molecule has 0 amide bonds. The molecule has 6 heteroatoms. The second-order valence-electron chi connectivity index (χ2n) is 4.79. The summed E-state index contributed by atoms with van der Waals surface area (Å²) in [4.78, 5) is 11.1. The Labute approximate surface area is 119 Å². The van der Waals surface area contributed by atoms with Gasteiger partial charge in [0.1, 0.15) is 23.2 Å². The van der Waals surface area contributed by atoms with Crippen LogP contribution in [-0.2, 0) is 13.0 Å². The highest BCUT2D eigenvalue weighted by molar-refractivity contribution is 5.58. The fourth-order valence-corrected chi connectivity index (χ4v) is 2.13. The molecule has 108 valence electrons. The zero-order valence-corrected chi connectivity index (χ0v) is 12.4. The number of aryl methyl sites for hydroxylation is 2. The zero-order valence-electron chi connectivity index (χ0n) is 12.4. The number of anilines is 2. The lowest BCUT2D eigenvalue weighted by atomic mass is 10.2. The summed E-state index contributed by atoms with van der Waals surface area (Å²) in [6.07, 6.45) is 2.47. The lowest BCUT2D eigenvalue weighted by Gasteiger charge is -2.21. The van der Waals surface area contributed by atoms with Crippen molar-refractivity contribution in [3.8, 4) is 0 Å². The molecule has 0 aliphatic heterocycles. The first-order valence-electron chi connectivity index (χ1n) is 6.65. The third-order valence-electron chi connectivity index (χ3n) is 3.35. The van der Waals surface area contributed by atoms with Crippen LogP contribution in [0.5, 0.6) is 0 Å². The fraction of sp³-hybridized carbons (Fsp3) is 0.429. The van der Waals surface area contributed by atoms with Gasteiger partial charge in [0.15, 0.2) is 0 Å². The molecule has 0 bridgehead atoms. The van der Waals surface area contributed by atoms with E-state index in [2.05, 4.69) is 20.3 Å². The van der Waals surface area contributed by atoms with Crippen molar-refractivity contribution >= 4 is 11.6 Å². The molecular formula is C14H21N5O. The van der Waals surface area contributed by atoms with Crippen LogP contribution in [0.2, 0.25) is 0 Å². The summed E-state index contributed by atoms with van der Waals surface area (Å²) < 4.78 is 5.33. The standard InChI is InChI=1S/C14H21N5O/c1-5-12-16-13(18-15)9(2)14(17-12)19(4)8-11-6-7-20-10(11)3/h6-7H,5,8,15H2,1-4H3,(H,16,17,18). The van der Waals surface area contributed by atoms with Crippen molar-refractivity contribution < 1.29 is 4.42 Å². The van der Waals surface area contributed by atoms with Gasteiger partial charge in [0.25, 0.3) is 0 Å². The third kappa shape index (κ3) is 2.75. The van der Waals surface area contributed by atoms with Crippen molar-refractivity contribution in [2.45, 2.75) is 33.7 Å². The van der Waals surface area contributed by atoms with E-state index >= 15 is 0 Å². The molecule has 0 saturated heterocycles. The topological polar surface area (TPSA) is 80.2 Å². The first kappa shape index (κ1) is 14.3. The maximum Gasteiger partial charge on any atom is 0.148 e. The first-order chi connectivity index (χ1) is 9.56. The molecule has 0 aliphatic carbocycles. The number of hydrogen-bond acceptors (Lipinski definition) is 6. The summed E-state index contributed by atoms with van der Waals surface area (Å²) in [7, 11) is 2.00. The number of nitrogens with two attached hydrogens (primary N) is 1. The van der Waals surface area contributed by atoms with E-state index in [0.717, 1.165) is 41.5 Å². The molecule has 0 unspecified atom stereocenters. The van der Waals surface area contributed by atoms with Crippen LogP contribution in [0, 0.1) is 13.8 Å². The van der Waals surface area contributed by atoms with Crippen molar-refractivity contribution in [2.75, 3.05) is 17.4 Å². The molecule has 0 aromatic carbocycles. The molecule has 0 radical (unpaired) electrons. The largest absolute Gasteiger partial charge is 0.469 e. The Morgan fingerprint density at radius 1 is 1.35 bits per heavy atom. The van der Waals surface area contributed by atoms with E-state index in [-0.39, 0.29) is 0 Å². The number of hydrogen-bond donors (Lipinski definition) is 2. The fourth-order valence-electron chi connectivity index (χ4n) is 2.13. The highest BCUT2D eigenvalue weighted by atomic mass is 16.3. The van der Waals surface area contributed by atoms with E-state index in [1.54, 1.807) is 6.26 Å². The predicted octanol–water partition coefficient (Wildman–Crippen LogP) is 2.17. The predicted molar refractivity (Wildman–Crippen MR) is 79.5 cm³/mol. The molecule has 2 rings (SSSR count). The van der Waals surface area contributed by atoms with E-state index < -0.39 is 0 Å². The lowest BCUT2D eigenvalue weighted by Crippen LogP contribution is -2.22. The van der Waals surface area contributed by atoms with Crippen LogP contribution < -0.4 is 16.2 Å². The second-order valence-corrected chi connectivity index (χ2v) is 4.79. The summed E-state index contributed by atoms with van der Waals surface area (Å²) in [5.74, 6) is 8.78. The number of hydrazine groups is 1. The Kier molecular flexibility index (Phi) is 4.24. The van der Waals surface area contributed by atoms with E-state index in [1.165, 1.54) is 0 Å². The van der Waals surface area contributed by atoms with E-state index in [1.807, 2.05) is 33.9 Å². The minimum absolute atomic E-state index is 0.669. The Hall–Kier alpha value is -2.08. The van der Waals surface area contributed by atoms with Gasteiger partial charge in [0.05, 0.1) is 6.26 Å². The zero-order chi connectivity index (χ0) is 14.7. The van der Waals surface area contributed by atoms with Crippen LogP contribution in [0.4, 0.5) is 11.6 Å². The van der Waals surface area contributed by atoms with E-state index in [0.29, 0.717) is 5.82 Å². The smallest absolute Gasteiger partial charge is 0.148 e. The quantitative estimate of drug-likeness (QED) is 0.643. The second kappa shape index (κ2) is 5.92. The van der Waals surface area contributed by atoms with Gasteiger partial charge in [-0.1, -0.05) is 6.92 Å². The van der Waals surface area contributed by atoms with Crippen LogP contribution in [0.25, 0.3) is 0 Å². The Bertz CT molecular complexity index is 593. The highest BCUT2D eigenvalue weighted by Crippen LogP contribution is 2.24. The summed E-state index contributed by atoms with van der Waals surface area (Å²) in [6.45, 7) is 6.67. The number of furan rings is 1. The molecule has 2 aromatic heterocycles. The molecular weight excluding hydrogens is 254 g/mol. The van der Waals surface area contributed by atoms with Gasteiger partial charge in [0.2, 0.25) is 0 Å². The SMILES string of the molecule is CCc1nc(NN)c(C)c(N(C)Cc2ccoc2C)n1. The van der Waals surface area contributed by atoms with Crippen LogP contribution in [0.15, 0.2) is 16.7 Å². The van der Waals surface area contributed by atoms with Gasteiger partial charge in [-0.05, 0) is 19.9 Å². The van der Waals surface area contributed by atoms with Crippen LogP contribution in [0.1, 0.15) is 29.6 Å². The molecule has 0 saturated carbocycles. The third-order valence-corrected chi connectivity index (χ3v) is 3.35. The summed E-state index contributed by atoms with van der Waals surface area (Å²) in [5.41, 5.74) is 4.72. The molecule has 0 aliphatic rings. The lowest BCUT2D eigenvalue weighted by molar-refractivity contribution is 0.529. The van der Waals surface area contributed by atoms with Gasteiger partial charge in [-0.25, -0.2) is 15.8 Å². The Balaban J connectivity index is 2.33. The molecule has 0 fully saturated rings. The molecule has 6 nitrogen and oxygen atoms in total. The number of aromatic nitrogens is 2. The molecule has 20 heavy (non-hydrogen) atoms. The number of rotatable bonds is 5. The number of nitrogens with one attached hydrogen (secondary N) is 1. The molecule has 3 N–H and O–H groups in total. The van der Waals surface area contributed by atoms with Crippen molar-refractivity contribution in [3.05, 3.63) is 35.0 Å². The molecule has 0 atom stereocenters. The van der Waals surface area contributed by atoms with E-state index in [4.69, 9.17) is 10.3 Å². The van der Waals surface area contributed by atoms with Gasteiger partial charge in [0, 0.05) is 31.1 Å². The summed E-state index contributed by atoms with van der Waals surface area (Å²) in [5, 5.41) is 0. The number of nitrogens with zero attached hydrogens (tertiary/aromatic N) is 3. The normalized spacial score (nSPS) is 10.7. The van der Waals surface area contributed by atoms with Gasteiger partial charge < -0.3 is 14.7 Å². The minimum Gasteiger partial charge on any atom is -0.469 e. The monoisotopic (exact) mass is 275 g/mol. The van der Waals surface area contributed by atoms with Gasteiger partial charge >= 0.3 is 0 Å². The minimum atomic E-state index is 0.669. The Morgan fingerprint density at radius 3 is 2.65 bits per heavy atom. The van der Waals surface area contributed by atoms with Crippen LogP contribution in [-0.4, -0.2) is 17.0 Å². The van der Waals surface area contributed by atoms with Crippen molar-refractivity contribution in [3.63, 3.8) is 0 Å². The summed E-state index contributed by atoms with van der Waals surface area (Å²) >= 11 is 0. The van der Waals surface area contributed by atoms with Crippen molar-refractivity contribution in [1.29, 1.82) is 0 Å². The van der Waals surface area contributed by atoms with Gasteiger partial charge in [-0.3, -0.25) is 0 Å². The maximum atomic E-state index is 5.53. The average molecular weight is 275 g/mol. The summed E-state index contributed by atoms with van der Waals surface area (Å²) in [6, 6.07) is 1.98. The maximum absolute atomic E-state index is 5.53. The van der Waals surface area contributed by atoms with Gasteiger partial charge in [-0.15, -0.1) is 0 Å². The average Bonchev–Trinajstić information content (AvgIpc) is 2.84. The molecule has 2 aromatic rings. The van der Waals surface area contributed by atoms with Crippen LogP contribution >= 0.6 is 0 Å². The van der Waals surface area contributed by atoms with Gasteiger partial charge in [-0.2, -0.15) is 0 Å². The van der Waals surface area contributed by atoms with Crippen molar-refractivity contribution in [1.82, 2.24) is 9.97 Å². The van der Waals surface area contributed by atoms with Crippen LogP contribution in [0.3, 0.4) is 0 Å². The first-order valence-corrected chi connectivity index (χ1v) is 6.65. The molecule has 2 heterocycles. The highest BCUT2D eigenvalue weighted by Gasteiger charge is 2.14.